The molecule has 1 fully saturated rings. The van der Waals surface area contributed by atoms with Crippen LogP contribution in [0.3, 0.4) is 0 Å². The predicted octanol–water partition coefficient (Wildman–Crippen LogP) is 1.34. The summed E-state index contributed by atoms with van der Waals surface area (Å²) in [5.41, 5.74) is 0.514. The summed E-state index contributed by atoms with van der Waals surface area (Å²) in [5.74, 6) is 0.609. The number of nitrogens with zero attached hydrogens (tertiary/aromatic N) is 3. The van der Waals surface area contributed by atoms with Crippen molar-refractivity contribution < 1.29 is 19.1 Å². The zero-order valence-corrected chi connectivity index (χ0v) is 16.6. The van der Waals surface area contributed by atoms with Crippen LogP contribution >= 0.6 is 0 Å². The third-order valence-corrected chi connectivity index (χ3v) is 4.89. The van der Waals surface area contributed by atoms with Crippen LogP contribution in [0.15, 0.2) is 24.3 Å². The van der Waals surface area contributed by atoms with Gasteiger partial charge in [-0.05, 0) is 38.1 Å². The number of likely N-dealkylation sites (N-methyl/N-ethyl adjacent to an activating group) is 1. The molecule has 2 rings (SSSR count). The van der Waals surface area contributed by atoms with Crippen LogP contribution in [-0.2, 0) is 9.53 Å². The number of carbonyl (C=O) groups is 2. The highest BCUT2D eigenvalue weighted by atomic mass is 16.5. The highest BCUT2D eigenvalue weighted by Crippen LogP contribution is 2.13. The molecule has 1 aromatic carbocycles. The van der Waals surface area contributed by atoms with Crippen LogP contribution in [0.1, 0.15) is 24.2 Å². The van der Waals surface area contributed by atoms with Gasteiger partial charge in [0.05, 0.1) is 19.2 Å². The Kier molecular flexibility index (Phi) is 8.54. The molecule has 1 amide bonds. The van der Waals surface area contributed by atoms with Gasteiger partial charge in [-0.25, -0.2) is 4.79 Å². The van der Waals surface area contributed by atoms with E-state index in [0.29, 0.717) is 18.7 Å². The zero-order chi connectivity index (χ0) is 19.6. The molecule has 0 aromatic heterocycles. The minimum Gasteiger partial charge on any atom is -0.492 e. The predicted molar refractivity (Wildman–Crippen MR) is 104 cm³/mol. The zero-order valence-electron chi connectivity index (χ0n) is 16.6. The first-order valence-electron chi connectivity index (χ1n) is 9.61. The molecule has 7 nitrogen and oxygen atoms in total. The monoisotopic (exact) mass is 377 g/mol. The molecule has 1 saturated heterocycles. The van der Waals surface area contributed by atoms with Crippen LogP contribution in [0, 0.1) is 0 Å². The van der Waals surface area contributed by atoms with E-state index in [-0.39, 0.29) is 11.9 Å². The van der Waals surface area contributed by atoms with Gasteiger partial charge in [-0.15, -0.1) is 0 Å². The maximum atomic E-state index is 12.2. The third-order valence-electron chi connectivity index (χ3n) is 4.89. The van der Waals surface area contributed by atoms with E-state index in [4.69, 9.17) is 4.74 Å². The molecule has 1 heterocycles. The van der Waals surface area contributed by atoms with Crippen molar-refractivity contribution >= 4 is 11.9 Å². The lowest BCUT2D eigenvalue weighted by Crippen LogP contribution is -2.50. The summed E-state index contributed by atoms with van der Waals surface area (Å²) in [7, 11) is 1.37. The average molecular weight is 377 g/mol. The fraction of sp³-hybridized carbons (Fsp3) is 0.600. The standard InChI is InChI=1S/C20H31N3O4/c1-4-23(5-2)19(24)16-22-12-10-21(11-13-22)14-15-27-18-8-6-17(7-9-18)20(25)26-3/h6-9H,4-5,10-16H2,1-3H3. The van der Waals surface area contributed by atoms with Crippen molar-refractivity contribution in [3.05, 3.63) is 29.8 Å². The molecule has 0 unspecified atom stereocenters. The molecule has 150 valence electrons. The summed E-state index contributed by atoms with van der Waals surface area (Å²) >= 11 is 0. The van der Waals surface area contributed by atoms with E-state index in [2.05, 4.69) is 14.5 Å². The number of esters is 1. The Labute approximate surface area is 161 Å². The Morgan fingerprint density at radius 2 is 1.59 bits per heavy atom. The van der Waals surface area contributed by atoms with Gasteiger partial charge in [-0.3, -0.25) is 14.6 Å². The van der Waals surface area contributed by atoms with Crippen molar-refractivity contribution in [2.75, 3.05) is 66.1 Å². The number of amides is 1. The molecule has 1 aliphatic rings. The molecule has 0 saturated carbocycles. The fourth-order valence-electron chi connectivity index (χ4n) is 3.14. The minimum atomic E-state index is -0.348. The van der Waals surface area contributed by atoms with Crippen LogP contribution in [0.5, 0.6) is 5.75 Å². The molecule has 0 bridgehead atoms. The lowest BCUT2D eigenvalue weighted by molar-refractivity contribution is -0.132. The largest absolute Gasteiger partial charge is 0.492 e. The van der Waals surface area contributed by atoms with E-state index in [1.165, 1.54) is 7.11 Å². The number of hydrogen-bond donors (Lipinski definition) is 0. The smallest absolute Gasteiger partial charge is 0.337 e. The van der Waals surface area contributed by atoms with E-state index in [1.807, 2.05) is 18.7 Å². The molecular formula is C20H31N3O4. The molecule has 0 radical (unpaired) electrons. The van der Waals surface area contributed by atoms with Crippen molar-refractivity contribution in [1.29, 1.82) is 0 Å². The van der Waals surface area contributed by atoms with Gasteiger partial charge in [0.2, 0.25) is 5.91 Å². The van der Waals surface area contributed by atoms with Gasteiger partial charge in [0, 0.05) is 45.8 Å². The van der Waals surface area contributed by atoms with Gasteiger partial charge in [0.1, 0.15) is 12.4 Å². The van der Waals surface area contributed by atoms with Gasteiger partial charge in [0.15, 0.2) is 0 Å². The molecule has 1 aromatic rings. The number of hydrogen-bond acceptors (Lipinski definition) is 6. The number of rotatable bonds is 9. The number of piperazine rings is 1. The normalized spacial score (nSPS) is 15.4. The summed E-state index contributed by atoms with van der Waals surface area (Å²) in [6, 6.07) is 6.96. The first kappa shape index (κ1) is 21.2. The Hall–Kier alpha value is -2.12. The number of ether oxygens (including phenoxy) is 2. The highest BCUT2D eigenvalue weighted by molar-refractivity contribution is 5.89. The van der Waals surface area contributed by atoms with E-state index in [1.54, 1.807) is 24.3 Å². The maximum Gasteiger partial charge on any atom is 0.337 e. The van der Waals surface area contributed by atoms with E-state index < -0.39 is 0 Å². The molecule has 27 heavy (non-hydrogen) atoms. The van der Waals surface area contributed by atoms with E-state index >= 15 is 0 Å². The van der Waals surface area contributed by atoms with Gasteiger partial charge < -0.3 is 14.4 Å². The topological polar surface area (TPSA) is 62.3 Å². The van der Waals surface area contributed by atoms with Gasteiger partial charge in [-0.2, -0.15) is 0 Å². The fourth-order valence-corrected chi connectivity index (χ4v) is 3.14. The molecule has 0 atom stereocenters. The van der Waals surface area contributed by atoms with Gasteiger partial charge >= 0.3 is 5.97 Å². The van der Waals surface area contributed by atoms with Crippen molar-refractivity contribution in [3.8, 4) is 5.75 Å². The first-order valence-corrected chi connectivity index (χ1v) is 9.61. The number of methoxy groups -OCH3 is 1. The average Bonchev–Trinajstić information content (AvgIpc) is 2.70. The van der Waals surface area contributed by atoms with Gasteiger partial charge in [0.25, 0.3) is 0 Å². The summed E-state index contributed by atoms with van der Waals surface area (Å²) in [6.07, 6.45) is 0. The second-order valence-electron chi connectivity index (χ2n) is 6.55. The molecule has 7 heteroatoms. The second kappa shape index (κ2) is 10.9. The Balaban J connectivity index is 1.66. The van der Waals surface area contributed by atoms with Crippen LogP contribution in [0.25, 0.3) is 0 Å². The van der Waals surface area contributed by atoms with Crippen LogP contribution in [0.4, 0.5) is 0 Å². The summed E-state index contributed by atoms with van der Waals surface area (Å²) in [4.78, 5) is 30.1. The number of benzene rings is 1. The van der Waals surface area contributed by atoms with Crippen LogP contribution in [0.2, 0.25) is 0 Å². The van der Waals surface area contributed by atoms with E-state index in [0.717, 1.165) is 51.6 Å². The molecule has 0 spiro atoms. The summed E-state index contributed by atoms with van der Waals surface area (Å²) in [5, 5.41) is 0. The minimum absolute atomic E-state index is 0.215. The SMILES string of the molecule is CCN(CC)C(=O)CN1CCN(CCOc2ccc(C(=O)OC)cc2)CC1. The summed E-state index contributed by atoms with van der Waals surface area (Å²) in [6.45, 7) is 11.2. The van der Waals surface area contributed by atoms with Crippen molar-refractivity contribution in [2.24, 2.45) is 0 Å². The quantitative estimate of drug-likeness (QED) is 0.605. The second-order valence-corrected chi connectivity index (χ2v) is 6.55. The number of carbonyl (C=O) groups excluding carboxylic acids is 2. The van der Waals surface area contributed by atoms with Crippen molar-refractivity contribution in [3.63, 3.8) is 0 Å². The third kappa shape index (κ3) is 6.52. The summed E-state index contributed by atoms with van der Waals surface area (Å²) < 4.78 is 10.4. The first-order chi connectivity index (χ1) is 13.1. The Morgan fingerprint density at radius 3 is 2.15 bits per heavy atom. The molecule has 1 aliphatic heterocycles. The molecule has 0 N–H and O–H groups in total. The van der Waals surface area contributed by atoms with Gasteiger partial charge in [-0.1, -0.05) is 0 Å². The molecule has 0 aliphatic carbocycles. The van der Waals surface area contributed by atoms with Crippen LogP contribution < -0.4 is 4.74 Å². The van der Waals surface area contributed by atoms with E-state index in [9.17, 15) is 9.59 Å². The lowest BCUT2D eigenvalue weighted by Gasteiger charge is -2.35. The lowest BCUT2D eigenvalue weighted by atomic mass is 10.2. The van der Waals surface area contributed by atoms with Crippen LogP contribution in [-0.4, -0.2) is 92.7 Å². The van der Waals surface area contributed by atoms with Crippen molar-refractivity contribution in [1.82, 2.24) is 14.7 Å². The Bertz CT molecular complexity index is 594. The Morgan fingerprint density at radius 1 is 1.00 bits per heavy atom. The molecular weight excluding hydrogens is 346 g/mol. The highest BCUT2D eigenvalue weighted by Gasteiger charge is 2.20. The maximum absolute atomic E-state index is 12.2. The van der Waals surface area contributed by atoms with Crippen molar-refractivity contribution in [2.45, 2.75) is 13.8 Å².